The fourth-order valence-electron chi connectivity index (χ4n) is 3.97. The van der Waals surface area contributed by atoms with Crippen molar-refractivity contribution in [2.45, 2.75) is 13.1 Å². The Balaban J connectivity index is 1.40. The summed E-state index contributed by atoms with van der Waals surface area (Å²) in [6.07, 6.45) is 0. The number of hydrogen-bond donors (Lipinski definition) is 0. The number of carbonyl (C=O) groups is 4. The van der Waals surface area contributed by atoms with E-state index in [1.807, 2.05) is 0 Å². The Kier molecular flexibility index (Phi) is 4.45. The van der Waals surface area contributed by atoms with E-state index in [1.165, 1.54) is 4.90 Å². The van der Waals surface area contributed by atoms with E-state index in [-0.39, 0.29) is 36.7 Å². The maximum absolute atomic E-state index is 12.7. The molecule has 0 saturated heterocycles. The van der Waals surface area contributed by atoms with Gasteiger partial charge in [-0.3, -0.25) is 29.0 Å². The van der Waals surface area contributed by atoms with Crippen LogP contribution in [0.25, 0.3) is 0 Å². The van der Waals surface area contributed by atoms with Crippen LogP contribution >= 0.6 is 11.6 Å². The van der Waals surface area contributed by atoms with E-state index in [1.54, 1.807) is 66.7 Å². The maximum atomic E-state index is 12.7. The van der Waals surface area contributed by atoms with Gasteiger partial charge < -0.3 is 0 Å². The van der Waals surface area contributed by atoms with Crippen molar-refractivity contribution in [3.63, 3.8) is 0 Å². The molecule has 0 unspecified atom stereocenters. The predicted molar refractivity (Wildman–Crippen MR) is 113 cm³/mol. The van der Waals surface area contributed by atoms with E-state index in [0.29, 0.717) is 38.4 Å². The average molecular weight is 431 g/mol. The highest BCUT2D eigenvalue weighted by Crippen LogP contribution is 2.29. The average Bonchev–Trinajstić information content (AvgIpc) is 3.17. The van der Waals surface area contributed by atoms with E-state index in [4.69, 9.17) is 11.6 Å². The van der Waals surface area contributed by atoms with E-state index < -0.39 is 0 Å². The third-order valence-electron chi connectivity index (χ3n) is 5.54. The van der Waals surface area contributed by atoms with Gasteiger partial charge in [-0.1, -0.05) is 48.0 Å². The number of amides is 4. The number of nitrogens with zero attached hydrogens (tertiary/aromatic N) is 2. The molecular weight excluding hydrogens is 416 g/mol. The molecule has 2 heterocycles. The van der Waals surface area contributed by atoms with Crippen molar-refractivity contribution in [3.05, 3.63) is 105 Å². The first-order valence-corrected chi connectivity index (χ1v) is 10.0. The summed E-state index contributed by atoms with van der Waals surface area (Å²) in [6, 6.07) is 18.4. The Morgan fingerprint density at radius 1 is 0.581 bits per heavy atom. The van der Waals surface area contributed by atoms with Crippen molar-refractivity contribution in [1.29, 1.82) is 0 Å². The topological polar surface area (TPSA) is 74.8 Å². The van der Waals surface area contributed by atoms with E-state index in [9.17, 15) is 19.2 Å². The first kappa shape index (κ1) is 19.2. The van der Waals surface area contributed by atoms with Gasteiger partial charge >= 0.3 is 0 Å². The van der Waals surface area contributed by atoms with Crippen molar-refractivity contribution in [3.8, 4) is 0 Å². The molecule has 6 nitrogen and oxygen atoms in total. The number of carbonyl (C=O) groups excluding carboxylic acids is 4. The van der Waals surface area contributed by atoms with Gasteiger partial charge in [-0.15, -0.1) is 0 Å². The van der Waals surface area contributed by atoms with Gasteiger partial charge in [0.15, 0.2) is 0 Å². The summed E-state index contributed by atoms with van der Waals surface area (Å²) in [7, 11) is 0. The minimum absolute atomic E-state index is 0.00113. The van der Waals surface area contributed by atoms with E-state index in [2.05, 4.69) is 0 Å². The summed E-state index contributed by atoms with van der Waals surface area (Å²) < 4.78 is 0. The van der Waals surface area contributed by atoms with Crippen LogP contribution in [-0.2, 0) is 13.1 Å². The van der Waals surface area contributed by atoms with Gasteiger partial charge in [0, 0.05) is 5.02 Å². The van der Waals surface area contributed by atoms with Crippen LogP contribution < -0.4 is 0 Å². The highest BCUT2D eigenvalue weighted by atomic mass is 35.5. The van der Waals surface area contributed by atoms with Gasteiger partial charge in [0.1, 0.15) is 0 Å². The molecule has 0 radical (unpaired) electrons. The minimum atomic E-state index is -0.373. The quantitative estimate of drug-likeness (QED) is 0.588. The molecule has 31 heavy (non-hydrogen) atoms. The molecule has 7 heteroatoms. The van der Waals surface area contributed by atoms with Crippen molar-refractivity contribution in [2.24, 2.45) is 0 Å². The SMILES string of the molecule is O=C1c2ccccc2C(=O)N1Cc1ccc(Cl)c(CN2C(=O)c3ccccc3C2=O)c1. The maximum Gasteiger partial charge on any atom is 0.261 e. The molecule has 5 rings (SSSR count). The van der Waals surface area contributed by atoms with Crippen molar-refractivity contribution < 1.29 is 19.2 Å². The Morgan fingerprint density at radius 3 is 1.45 bits per heavy atom. The van der Waals surface area contributed by atoms with Crippen LogP contribution in [0.3, 0.4) is 0 Å². The molecule has 0 aliphatic carbocycles. The fourth-order valence-corrected chi connectivity index (χ4v) is 4.14. The highest BCUT2D eigenvalue weighted by molar-refractivity contribution is 6.31. The molecule has 2 aliphatic heterocycles. The van der Waals surface area contributed by atoms with Crippen LogP contribution in [0.15, 0.2) is 66.7 Å². The molecule has 0 aromatic heterocycles. The lowest BCUT2D eigenvalue weighted by molar-refractivity contribution is 0.0630. The first-order valence-electron chi connectivity index (χ1n) is 9.63. The summed E-state index contributed by atoms with van der Waals surface area (Å²) in [4.78, 5) is 52.9. The molecule has 3 aromatic rings. The largest absolute Gasteiger partial charge is 0.270 e. The van der Waals surface area contributed by atoms with Crippen molar-refractivity contribution >= 4 is 35.2 Å². The van der Waals surface area contributed by atoms with Crippen LogP contribution in [0.1, 0.15) is 52.6 Å². The number of fused-ring (bicyclic) bond motifs is 2. The summed E-state index contributed by atoms with van der Waals surface area (Å²) in [5.41, 5.74) is 2.73. The predicted octanol–water partition coefficient (Wildman–Crippen LogP) is 3.93. The number of imide groups is 2. The monoisotopic (exact) mass is 430 g/mol. The van der Waals surface area contributed by atoms with Gasteiger partial charge in [-0.25, -0.2) is 0 Å². The Hall–Kier alpha value is -3.77. The number of rotatable bonds is 4. The zero-order chi connectivity index (χ0) is 21.7. The Labute approximate surface area is 182 Å². The lowest BCUT2D eigenvalue weighted by Gasteiger charge is -2.18. The zero-order valence-corrected chi connectivity index (χ0v) is 16.9. The van der Waals surface area contributed by atoms with Crippen molar-refractivity contribution in [1.82, 2.24) is 9.80 Å². The van der Waals surface area contributed by atoms with Crippen LogP contribution in [0, 0.1) is 0 Å². The second kappa shape index (κ2) is 7.18. The van der Waals surface area contributed by atoms with Gasteiger partial charge in [0.25, 0.3) is 23.6 Å². The van der Waals surface area contributed by atoms with Crippen LogP contribution in [0.5, 0.6) is 0 Å². The molecule has 0 fully saturated rings. The van der Waals surface area contributed by atoms with E-state index >= 15 is 0 Å². The zero-order valence-electron chi connectivity index (χ0n) is 16.2. The van der Waals surface area contributed by atoms with Gasteiger partial charge in [0.05, 0.1) is 35.3 Å². The lowest BCUT2D eigenvalue weighted by Crippen LogP contribution is -2.30. The number of halogens is 1. The normalized spacial score (nSPS) is 15.0. The third kappa shape index (κ3) is 3.04. The molecule has 3 aromatic carbocycles. The van der Waals surface area contributed by atoms with Crippen LogP contribution in [0.4, 0.5) is 0 Å². The molecule has 152 valence electrons. The summed E-state index contributed by atoms with van der Waals surface area (Å²) in [5.74, 6) is -1.44. The second-order valence-electron chi connectivity index (χ2n) is 7.41. The minimum Gasteiger partial charge on any atom is -0.270 e. The summed E-state index contributed by atoms with van der Waals surface area (Å²) in [5, 5.41) is 0.391. The molecule has 0 spiro atoms. The highest BCUT2D eigenvalue weighted by Gasteiger charge is 2.36. The summed E-state index contributed by atoms with van der Waals surface area (Å²) in [6.45, 7) is 0.0692. The van der Waals surface area contributed by atoms with Crippen molar-refractivity contribution in [2.75, 3.05) is 0 Å². The van der Waals surface area contributed by atoms with Crippen LogP contribution in [0.2, 0.25) is 5.02 Å². The second-order valence-corrected chi connectivity index (χ2v) is 7.82. The Morgan fingerprint density at radius 2 is 1.00 bits per heavy atom. The smallest absolute Gasteiger partial charge is 0.261 e. The summed E-state index contributed by atoms with van der Waals surface area (Å²) >= 11 is 6.33. The van der Waals surface area contributed by atoms with Gasteiger partial charge in [0.2, 0.25) is 0 Å². The molecule has 0 N–H and O–H groups in total. The van der Waals surface area contributed by atoms with Gasteiger partial charge in [-0.2, -0.15) is 0 Å². The third-order valence-corrected chi connectivity index (χ3v) is 5.90. The molecular formula is C24H15ClN2O4. The first-order chi connectivity index (χ1) is 15.0. The van der Waals surface area contributed by atoms with Crippen LogP contribution in [-0.4, -0.2) is 33.4 Å². The van der Waals surface area contributed by atoms with E-state index in [0.717, 1.165) is 4.90 Å². The molecule has 0 bridgehead atoms. The van der Waals surface area contributed by atoms with Gasteiger partial charge in [-0.05, 0) is 41.5 Å². The Bertz CT molecular complexity index is 1230. The molecule has 0 atom stereocenters. The number of benzene rings is 3. The fraction of sp³-hybridized carbons (Fsp3) is 0.0833. The lowest BCUT2D eigenvalue weighted by atomic mass is 10.1. The molecule has 0 saturated carbocycles. The number of hydrogen-bond acceptors (Lipinski definition) is 4. The standard InChI is InChI=1S/C24H15ClN2O4/c25-20-10-9-14(12-26-21(28)16-5-1-2-6-17(16)22(26)29)11-15(20)13-27-23(30)18-7-3-4-8-19(18)24(27)31/h1-11H,12-13H2. The molecule has 4 amide bonds. The molecule has 2 aliphatic rings.